The topological polar surface area (TPSA) is 68.3 Å². The van der Waals surface area contributed by atoms with Gasteiger partial charge in [0.05, 0.1) is 16.5 Å². The van der Waals surface area contributed by atoms with E-state index in [1.807, 2.05) is 37.3 Å². The zero-order valence-corrected chi connectivity index (χ0v) is 14.5. The van der Waals surface area contributed by atoms with E-state index in [0.29, 0.717) is 5.02 Å². The van der Waals surface area contributed by atoms with E-state index in [2.05, 4.69) is 10.3 Å². The molecule has 2 aromatic rings. The Morgan fingerprint density at radius 3 is 2.62 bits per heavy atom. The lowest BCUT2D eigenvalue weighted by Gasteiger charge is -2.11. The minimum atomic E-state index is -0.521. The summed E-state index contributed by atoms with van der Waals surface area (Å²) in [5, 5.41) is 3.03. The van der Waals surface area contributed by atoms with Crippen LogP contribution in [0.15, 0.2) is 42.6 Å². The number of carbonyl (C=O) groups excluding carboxylic acids is 2. The van der Waals surface area contributed by atoms with E-state index in [4.69, 9.17) is 27.9 Å². The lowest BCUT2D eigenvalue weighted by molar-refractivity contribution is -0.147. The molecule has 7 heteroatoms. The number of pyridine rings is 1. The van der Waals surface area contributed by atoms with E-state index < -0.39 is 18.5 Å². The summed E-state index contributed by atoms with van der Waals surface area (Å²) in [6, 6.07) is 11.1. The minimum Gasteiger partial charge on any atom is -0.456 e. The highest BCUT2D eigenvalue weighted by molar-refractivity contribution is 6.36. The number of halogens is 2. The monoisotopic (exact) mass is 366 g/mol. The molecule has 1 N–H and O–H groups in total. The molecule has 0 spiro atoms. The smallest absolute Gasteiger partial charge is 0.306 e. The molecule has 0 aliphatic carbocycles. The third-order valence-electron chi connectivity index (χ3n) is 3.27. The van der Waals surface area contributed by atoms with Crippen LogP contribution in [0.4, 0.5) is 5.82 Å². The maximum absolute atomic E-state index is 11.8. The first-order valence-corrected chi connectivity index (χ1v) is 8.02. The molecule has 0 aliphatic heterocycles. The third kappa shape index (κ3) is 5.51. The standard InChI is InChI=1S/C17H16Cl2N2O3/c1-11(12-5-3-2-4-6-12)7-16(23)24-10-15(22)21-17-14(19)8-13(18)9-20-17/h2-6,8-9,11H,7,10H2,1H3,(H,20,21,22)/t11-/m1/s1. The third-order valence-corrected chi connectivity index (χ3v) is 3.77. The quantitative estimate of drug-likeness (QED) is 0.782. The van der Waals surface area contributed by atoms with E-state index in [1.165, 1.54) is 12.3 Å². The van der Waals surface area contributed by atoms with E-state index in [9.17, 15) is 9.59 Å². The van der Waals surface area contributed by atoms with Gasteiger partial charge in [0.15, 0.2) is 12.4 Å². The largest absolute Gasteiger partial charge is 0.456 e. The molecule has 1 amide bonds. The van der Waals surface area contributed by atoms with Gasteiger partial charge in [-0.05, 0) is 17.5 Å². The van der Waals surface area contributed by atoms with Crippen LogP contribution >= 0.6 is 23.2 Å². The van der Waals surface area contributed by atoms with Crippen LogP contribution in [-0.2, 0) is 14.3 Å². The predicted molar refractivity (Wildman–Crippen MR) is 93.3 cm³/mol. The summed E-state index contributed by atoms with van der Waals surface area (Å²) in [5.41, 5.74) is 1.04. The number of carbonyl (C=O) groups is 2. The molecule has 5 nitrogen and oxygen atoms in total. The molecule has 126 valence electrons. The first-order chi connectivity index (χ1) is 11.5. The highest BCUT2D eigenvalue weighted by atomic mass is 35.5. The zero-order chi connectivity index (χ0) is 17.5. The van der Waals surface area contributed by atoms with Crippen molar-refractivity contribution in [1.82, 2.24) is 4.98 Å². The number of hydrogen-bond donors (Lipinski definition) is 1. The number of aromatic nitrogens is 1. The Morgan fingerprint density at radius 2 is 1.96 bits per heavy atom. The van der Waals surface area contributed by atoms with Crippen molar-refractivity contribution in [1.29, 1.82) is 0 Å². The van der Waals surface area contributed by atoms with Crippen LogP contribution in [-0.4, -0.2) is 23.5 Å². The number of rotatable bonds is 6. The van der Waals surface area contributed by atoms with Gasteiger partial charge in [-0.25, -0.2) is 4.98 Å². The highest BCUT2D eigenvalue weighted by Gasteiger charge is 2.14. The summed E-state index contributed by atoms with van der Waals surface area (Å²) in [4.78, 5) is 27.5. The number of ether oxygens (including phenoxy) is 1. The highest BCUT2D eigenvalue weighted by Crippen LogP contribution is 2.22. The molecule has 0 bridgehead atoms. The summed E-state index contributed by atoms with van der Waals surface area (Å²) in [7, 11) is 0. The molecule has 0 aliphatic rings. The van der Waals surface area contributed by atoms with Crippen molar-refractivity contribution in [2.45, 2.75) is 19.3 Å². The first-order valence-electron chi connectivity index (χ1n) is 7.27. The lowest BCUT2D eigenvalue weighted by atomic mass is 9.98. The SMILES string of the molecule is C[C@H](CC(=O)OCC(=O)Nc1ncc(Cl)cc1Cl)c1ccccc1. The van der Waals surface area contributed by atoms with Crippen molar-refractivity contribution in [3.8, 4) is 0 Å². The van der Waals surface area contributed by atoms with Crippen molar-refractivity contribution >= 4 is 40.9 Å². The second-order valence-electron chi connectivity index (χ2n) is 5.21. The molecular weight excluding hydrogens is 351 g/mol. The van der Waals surface area contributed by atoms with Crippen LogP contribution in [0.2, 0.25) is 10.0 Å². The summed E-state index contributed by atoms with van der Waals surface area (Å²) >= 11 is 11.6. The summed E-state index contributed by atoms with van der Waals surface area (Å²) in [6.45, 7) is 1.52. The number of benzene rings is 1. The minimum absolute atomic E-state index is 0.00846. The normalized spacial score (nSPS) is 11.6. The van der Waals surface area contributed by atoms with E-state index >= 15 is 0 Å². The molecule has 1 heterocycles. The van der Waals surface area contributed by atoms with Crippen LogP contribution in [0, 0.1) is 0 Å². The maximum Gasteiger partial charge on any atom is 0.306 e. The molecule has 0 radical (unpaired) electrons. The second-order valence-corrected chi connectivity index (χ2v) is 6.05. The second kappa shape index (κ2) is 8.66. The van der Waals surface area contributed by atoms with Crippen LogP contribution in [0.25, 0.3) is 0 Å². The number of amides is 1. The van der Waals surface area contributed by atoms with Crippen molar-refractivity contribution in [2.75, 3.05) is 11.9 Å². The Morgan fingerprint density at radius 1 is 1.25 bits per heavy atom. The Bertz CT molecular complexity index is 723. The molecule has 1 aromatic carbocycles. The van der Waals surface area contributed by atoms with Gasteiger partial charge in [-0.15, -0.1) is 0 Å². The van der Waals surface area contributed by atoms with Crippen molar-refractivity contribution in [3.63, 3.8) is 0 Å². The van der Waals surface area contributed by atoms with E-state index in [-0.39, 0.29) is 23.2 Å². The molecule has 1 aromatic heterocycles. The molecule has 2 rings (SSSR count). The van der Waals surface area contributed by atoms with Gasteiger partial charge in [0.25, 0.3) is 5.91 Å². The van der Waals surface area contributed by atoms with Crippen LogP contribution in [0.3, 0.4) is 0 Å². The number of esters is 1. The molecule has 0 unspecified atom stereocenters. The summed E-state index contributed by atoms with van der Waals surface area (Å²) in [5.74, 6) is -0.794. The molecule has 0 saturated heterocycles. The fraction of sp³-hybridized carbons (Fsp3) is 0.235. The Labute approximate surface area is 149 Å². The maximum atomic E-state index is 11.8. The van der Waals surface area contributed by atoms with Crippen LogP contribution in [0.5, 0.6) is 0 Å². The molecular formula is C17H16Cl2N2O3. The first kappa shape index (κ1) is 18.2. The van der Waals surface area contributed by atoms with E-state index in [1.54, 1.807) is 0 Å². The Balaban J connectivity index is 1.80. The predicted octanol–water partition coefficient (Wildman–Crippen LogP) is 4.06. The molecule has 1 atom stereocenters. The number of nitrogens with zero attached hydrogens (tertiary/aromatic N) is 1. The fourth-order valence-electron chi connectivity index (χ4n) is 2.03. The van der Waals surface area contributed by atoms with Crippen LogP contribution < -0.4 is 5.32 Å². The fourth-order valence-corrected chi connectivity index (χ4v) is 2.46. The average Bonchev–Trinajstić information content (AvgIpc) is 2.56. The van der Waals surface area contributed by atoms with Gasteiger partial charge in [-0.1, -0.05) is 60.5 Å². The number of nitrogens with one attached hydrogen (secondary N) is 1. The van der Waals surface area contributed by atoms with Gasteiger partial charge < -0.3 is 10.1 Å². The zero-order valence-electron chi connectivity index (χ0n) is 13.0. The van der Waals surface area contributed by atoms with Crippen LogP contribution in [0.1, 0.15) is 24.8 Å². The molecule has 0 saturated carbocycles. The number of hydrogen-bond acceptors (Lipinski definition) is 4. The van der Waals surface area contributed by atoms with E-state index in [0.717, 1.165) is 5.56 Å². The Kier molecular flexibility index (Phi) is 6.58. The van der Waals surface area contributed by atoms with Crippen molar-refractivity contribution in [3.05, 3.63) is 58.2 Å². The van der Waals surface area contributed by atoms with Gasteiger partial charge in [-0.3, -0.25) is 9.59 Å². The Hall–Kier alpha value is -2.11. The van der Waals surface area contributed by atoms with Crippen molar-refractivity contribution in [2.24, 2.45) is 0 Å². The van der Waals surface area contributed by atoms with Gasteiger partial charge >= 0.3 is 5.97 Å². The van der Waals surface area contributed by atoms with Gasteiger partial charge in [-0.2, -0.15) is 0 Å². The number of anilines is 1. The summed E-state index contributed by atoms with van der Waals surface area (Å²) in [6.07, 6.45) is 1.55. The molecule has 0 fully saturated rings. The van der Waals surface area contributed by atoms with Gasteiger partial charge in [0, 0.05) is 6.20 Å². The average molecular weight is 367 g/mol. The van der Waals surface area contributed by atoms with Gasteiger partial charge in [0.2, 0.25) is 0 Å². The van der Waals surface area contributed by atoms with Crippen molar-refractivity contribution < 1.29 is 14.3 Å². The molecule has 24 heavy (non-hydrogen) atoms. The lowest BCUT2D eigenvalue weighted by Crippen LogP contribution is -2.22. The summed E-state index contributed by atoms with van der Waals surface area (Å²) < 4.78 is 4.98. The van der Waals surface area contributed by atoms with Gasteiger partial charge in [0.1, 0.15) is 0 Å².